The molecule has 3 rings (SSSR count). The molecule has 2 heterocycles. The van der Waals surface area contributed by atoms with Crippen LogP contribution in [0.3, 0.4) is 0 Å². The van der Waals surface area contributed by atoms with Crippen molar-refractivity contribution in [2.45, 2.75) is 38.3 Å². The number of amides is 2. The number of β-amino-alcohol motifs (C(OH)–C–C–N with tert-alkyl or cyclic N) is 1. The average Bonchev–Trinajstić information content (AvgIpc) is 2.64. The molecule has 0 bridgehead atoms. The first kappa shape index (κ1) is 22.4. The molecule has 164 valence electrons. The zero-order valence-corrected chi connectivity index (χ0v) is 18.0. The Kier molecular flexibility index (Phi) is 6.06. The van der Waals surface area contributed by atoms with Crippen LogP contribution in [0.1, 0.15) is 39.9 Å². The first-order valence-corrected chi connectivity index (χ1v) is 11.3. The molecule has 30 heavy (non-hydrogen) atoms. The fraction of sp³-hybridized carbons (Fsp3) is 0.500. The number of hydrogen-bond acceptors (Lipinski definition) is 6. The third-order valence-electron chi connectivity index (χ3n) is 5.86. The lowest BCUT2D eigenvalue weighted by Crippen LogP contribution is -2.58. The number of sulfonamides is 1. The molecule has 1 aromatic rings. The first-order chi connectivity index (χ1) is 13.9. The van der Waals surface area contributed by atoms with Gasteiger partial charge in [-0.25, -0.2) is 8.42 Å². The van der Waals surface area contributed by atoms with Gasteiger partial charge in [0.1, 0.15) is 0 Å². The summed E-state index contributed by atoms with van der Waals surface area (Å²) in [6.07, 6.45) is 1.41. The second-order valence-corrected chi connectivity index (χ2v) is 9.97. The van der Waals surface area contributed by atoms with Gasteiger partial charge in [-0.05, 0) is 61.6 Å². The number of likely N-dealkylation sites (tertiary alicyclic amines) is 1. The van der Waals surface area contributed by atoms with E-state index in [1.165, 1.54) is 10.4 Å². The molecule has 10 heteroatoms. The summed E-state index contributed by atoms with van der Waals surface area (Å²) in [6, 6.07) is 3.45. The van der Waals surface area contributed by atoms with Crippen LogP contribution < -0.4 is 11.5 Å². The number of hydrogen-bond donors (Lipinski definition) is 3. The molecule has 1 aromatic carbocycles. The van der Waals surface area contributed by atoms with Crippen LogP contribution in [-0.2, 0) is 14.8 Å². The average molecular weight is 437 g/mol. The van der Waals surface area contributed by atoms with Gasteiger partial charge in [-0.3, -0.25) is 9.59 Å². The number of primary amides is 1. The Bertz CT molecular complexity index is 967. The quantitative estimate of drug-likeness (QED) is 0.577. The van der Waals surface area contributed by atoms with Crippen molar-refractivity contribution in [2.75, 3.05) is 26.2 Å². The van der Waals surface area contributed by atoms with Crippen molar-refractivity contribution < 1.29 is 23.1 Å². The standard InChI is InChI=1S/C20H28N4O5S/c1-13-9-15(18(26)23-11-16(25)12-23)10-14(2)17(13)3-8-30(28,29)24-6-4-20(22,5-7-24)19(21)27/h3,8-10,16,25H,4-7,11-12,22H2,1-2H3,(H2,21,27). The summed E-state index contributed by atoms with van der Waals surface area (Å²) < 4.78 is 26.7. The van der Waals surface area contributed by atoms with Crippen molar-refractivity contribution >= 4 is 27.9 Å². The molecule has 9 nitrogen and oxygen atoms in total. The predicted octanol–water partition coefficient (Wildman–Crippen LogP) is -0.301. The van der Waals surface area contributed by atoms with Crippen LogP contribution in [0.5, 0.6) is 0 Å². The zero-order valence-electron chi connectivity index (χ0n) is 17.2. The number of nitrogens with zero attached hydrogens (tertiary/aromatic N) is 2. The molecule has 2 fully saturated rings. The summed E-state index contributed by atoms with van der Waals surface area (Å²) in [4.78, 5) is 25.5. The van der Waals surface area contributed by atoms with Crippen molar-refractivity contribution in [3.8, 4) is 0 Å². The molecule has 2 saturated heterocycles. The molecule has 2 aliphatic heterocycles. The summed E-state index contributed by atoms with van der Waals surface area (Å²) in [5, 5.41) is 10.5. The van der Waals surface area contributed by atoms with Crippen LogP contribution in [0.25, 0.3) is 6.08 Å². The van der Waals surface area contributed by atoms with Gasteiger partial charge >= 0.3 is 0 Å². The van der Waals surface area contributed by atoms with Gasteiger partial charge in [-0.1, -0.05) is 0 Å². The smallest absolute Gasteiger partial charge is 0.254 e. The molecule has 0 atom stereocenters. The number of rotatable bonds is 5. The summed E-state index contributed by atoms with van der Waals surface area (Å²) in [5.74, 6) is -0.772. The van der Waals surface area contributed by atoms with Gasteiger partial charge in [0.15, 0.2) is 0 Å². The molecule has 0 aromatic heterocycles. The highest BCUT2D eigenvalue weighted by Gasteiger charge is 2.38. The highest BCUT2D eigenvalue weighted by atomic mass is 32.2. The number of aliphatic hydroxyl groups excluding tert-OH is 1. The number of carbonyl (C=O) groups excluding carboxylic acids is 2. The van der Waals surface area contributed by atoms with Crippen LogP contribution in [0.15, 0.2) is 17.5 Å². The number of carbonyl (C=O) groups is 2. The van der Waals surface area contributed by atoms with Gasteiger partial charge in [0, 0.05) is 37.2 Å². The minimum atomic E-state index is -3.69. The Labute approximate surface area is 176 Å². The lowest BCUT2D eigenvalue weighted by molar-refractivity contribution is -0.124. The Hall–Kier alpha value is -2.27. The van der Waals surface area contributed by atoms with E-state index in [4.69, 9.17) is 11.5 Å². The fourth-order valence-electron chi connectivity index (χ4n) is 3.79. The van der Waals surface area contributed by atoms with Gasteiger partial charge in [0.05, 0.1) is 11.6 Å². The number of nitrogens with two attached hydrogens (primary N) is 2. The van der Waals surface area contributed by atoms with E-state index in [-0.39, 0.29) is 31.8 Å². The molecule has 0 unspecified atom stereocenters. The molecule has 5 N–H and O–H groups in total. The van der Waals surface area contributed by atoms with Crippen LogP contribution in [0.4, 0.5) is 0 Å². The van der Waals surface area contributed by atoms with E-state index >= 15 is 0 Å². The van der Waals surface area contributed by atoms with Crippen molar-refractivity contribution in [1.29, 1.82) is 0 Å². The first-order valence-electron chi connectivity index (χ1n) is 9.78. The van der Waals surface area contributed by atoms with Gasteiger partial charge < -0.3 is 21.5 Å². The van der Waals surface area contributed by atoms with Crippen LogP contribution in [-0.4, -0.2) is 72.4 Å². The molecule has 0 spiro atoms. The van der Waals surface area contributed by atoms with Gasteiger partial charge in [-0.2, -0.15) is 4.31 Å². The van der Waals surface area contributed by atoms with E-state index in [0.29, 0.717) is 18.7 Å². The van der Waals surface area contributed by atoms with E-state index in [0.717, 1.165) is 22.1 Å². The van der Waals surface area contributed by atoms with E-state index in [1.54, 1.807) is 17.0 Å². The molecular weight excluding hydrogens is 408 g/mol. The molecule has 0 aliphatic carbocycles. The Morgan fingerprint density at radius 1 is 1.17 bits per heavy atom. The summed E-state index contributed by atoms with van der Waals surface area (Å²) in [5.41, 5.74) is 12.9. The lowest BCUT2D eigenvalue weighted by atomic mass is 9.89. The molecule has 0 radical (unpaired) electrons. The molecule has 2 aliphatic rings. The molecule has 2 amide bonds. The van der Waals surface area contributed by atoms with Gasteiger partial charge in [0.25, 0.3) is 5.91 Å². The minimum absolute atomic E-state index is 0.124. The lowest BCUT2D eigenvalue weighted by Gasteiger charge is -2.36. The maximum absolute atomic E-state index is 12.7. The summed E-state index contributed by atoms with van der Waals surface area (Å²) in [6.45, 7) is 4.53. The van der Waals surface area contributed by atoms with Crippen molar-refractivity contribution in [3.63, 3.8) is 0 Å². The summed E-state index contributed by atoms with van der Waals surface area (Å²) in [7, 11) is -3.69. The van der Waals surface area contributed by atoms with E-state index in [1.807, 2.05) is 13.8 Å². The van der Waals surface area contributed by atoms with Crippen molar-refractivity contribution in [3.05, 3.63) is 39.8 Å². The fourth-order valence-corrected chi connectivity index (χ4v) is 4.96. The van der Waals surface area contributed by atoms with Crippen LogP contribution >= 0.6 is 0 Å². The number of benzene rings is 1. The number of aliphatic hydroxyl groups is 1. The Balaban J connectivity index is 1.74. The molecule has 0 saturated carbocycles. The Morgan fingerprint density at radius 2 is 1.70 bits per heavy atom. The van der Waals surface area contributed by atoms with E-state index in [9.17, 15) is 23.1 Å². The third kappa shape index (κ3) is 4.41. The van der Waals surface area contributed by atoms with Crippen molar-refractivity contribution in [1.82, 2.24) is 9.21 Å². The topological polar surface area (TPSA) is 147 Å². The normalized spacial score (nSPS) is 20.3. The Morgan fingerprint density at radius 3 is 2.17 bits per heavy atom. The van der Waals surface area contributed by atoms with E-state index < -0.39 is 27.6 Å². The monoisotopic (exact) mass is 436 g/mol. The van der Waals surface area contributed by atoms with Crippen molar-refractivity contribution in [2.24, 2.45) is 11.5 Å². The van der Waals surface area contributed by atoms with Crippen LogP contribution in [0, 0.1) is 13.8 Å². The SMILES string of the molecule is Cc1cc(C(=O)N2CC(O)C2)cc(C)c1C=CS(=O)(=O)N1CCC(N)(C(N)=O)CC1. The maximum Gasteiger partial charge on any atom is 0.254 e. The van der Waals surface area contributed by atoms with E-state index in [2.05, 4.69) is 0 Å². The highest BCUT2D eigenvalue weighted by Crippen LogP contribution is 2.24. The third-order valence-corrected chi connectivity index (χ3v) is 7.43. The maximum atomic E-state index is 12.7. The summed E-state index contributed by atoms with van der Waals surface area (Å²) >= 11 is 0. The minimum Gasteiger partial charge on any atom is -0.389 e. The zero-order chi connectivity index (χ0) is 22.3. The second-order valence-electron chi connectivity index (χ2n) is 8.15. The molecular formula is C20H28N4O5S. The van der Waals surface area contributed by atoms with Crippen LogP contribution in [0.2, 0.25) is 0 Å². The highest BCUT2D eigenvalue weighted by molar-refractivity contribution is 7.92. The predicted molar refractivity (Wildman–Crippen MR) is 113 cm³/mol. The van der Waals surface area contributed by atoms with Gasteiger partial charge in [-0.15, -0.1) is 0 Å². The number of piperidine rings is 1. The van der Waals surface area contributed by atoms with Gasteiger partial charge in [0.2, 0.25) is 15.9 Å². The number of aryl methyl sites for hydroxylation is 2. The largest absolute Gasteiger partial charge is 0.389 e. The second kappa shape index (κ2) is 8.10.